The average Bonchev–Trinajstić information content (AvgIpc) is 3.40. The fraction of sp³-hybridized carbons (Fsp3) is 0.882. The van der Waals surface area contributed by atoms with Crippen molar-refractivity contribution in [1.82, 2.24) is 5.32 Å². The van der Waals surface area contributed by atoms with E-state index in [-0.39, 0.29) is 18.5 Å². The van der Waals surface area contributed by atoms with Crippen molar-refractivity contribution in [3.8, 4) is 0 Å². The lowest BCUT2D eigenvalue weighted by Gasteiger charge is -2.22. The number of carbonyl (C=O) groups excluding carboxylic acids is 2. The van der Waals surface area contributed by atoms with Gasteiger partial charge in [0.25, 0.3) is 0 Å². The van der Waals surface area contributed by atoms with E-state index in [1.165, 1.54) is 276 Å². The molecule has 0 aliphatic rings. The Balaban J connectivity index is 3.43. The van der Waals surface area contributed by atoms with Gasteiger partial charge in [-0.15, -0.1) is 0 Å². The first-order valence-corrected chi connectivity index (χ1v) is 33.2. The van der Waals surface area contributed by atoms with Crippen LogP contribution < -0.4 is 5.32 Å². The zero-order valence-electron chi connectivity index (χ0n) is 49.8. The van der Waals surface area contributed by atoms with E-state index in [4.69, 9.17) is 4.74 Å². The molecule has 0 aromatic heterocycles. The summed E-state index contributed by atoms with van der Waals surface area (Å²) in [6.07, 6.45) is 80.2. The zero-order valence-corrected chi connectivity index (χ0v) is 49.8. The van der Waals surface area contributed by atoms with Gasteiger partial charge in [-0.05, 0) is 83.5 Å². The minimum absolute atomic E-state index is 0.000743. The van der Waals surface area contributed by atoms with Gasteiger partial charge < -0.3 is 20.3 Å². The summed E-state index contributed by atoms with van der Waals surface area (Å²) in [7, 11) is 0. The molecule has 2 atom stereocenters. The van der Waals surface area contributed by atoms with Crippen LogP contribution in [0.2, 0.25) is 0 Å². The van der Waals surface area contributed by atoms with Crippen LogP contribution in [0.1, 0.15) is 361 Å². The normalized spacial score (nSPS) is 12.8. The Bertz CT molecular complexity index is 1200. The fourth-order valence-electron chi connectivity index (χ4n) is 10.3. The van der Waals surface area contributed by atoms with E-state index >= 15 is 0 Å². The second-order valence-electron chi connectivity index (χ2n) is 22.8. The molecule has 6 heteroatoms. The quantitative estimate of drug-likeness (QED) is 0.0320. The highest BCUT2D eigenvalue weighted by atomic mass is 16.5. The van der Waals surface area contributed by atoms with Crippen molar-refractivity contribution >= 4 is 11.9 Å². The van der Waals surface area contributed by atoms with Crippen LogP contribution in [-0.2, 0) is 14.3 Å². The first-order chi connectivity index (χ1) is 36.5. The molecule has 0 aromatic carbocycles. The van der Waals surface area contributed by atoms with E-state index < -0.39 is 12.1 Å². The maximum absolute atomic E-state index is 12.5. The van der Waals surface area contributed by atoms with Gasteiger partial charge in [0.2, 0.25) is 5.91 Å². The van der Waals surface area contributed by atoms with Gasteiger partial charge in [-0.25, -0.2) is 0 Å². The molecule has 0 fully saturated rings. The minimum Gasteiger partial charge on any atom is -0.466 e. The summed E-state index contributed by atoms with van der Waals surface area (Å²) in [4.78, 5) is 24.6. The van der Waals surface area contributed by atoms with Gasteiger partial charge >= 0.3 is 5.97 Å². The van der Waals surface area contributed by atoms with Crippen molar-refractivity contribution in [3.63, 3.8) is 0 Å². The van der Waals surface area contributed by atoms with Crippen LogP contribution in [0, 0.1) is 0 Å². The minimum atomic E-state index is -0.672. The fourth-order valence-corrected chi connectivity index (χ4v) is 10.3. The second-order valence-corrected chi connectivity index (χ2v) is 22.8. The van der Waals surface area contributed by atoms with Gasteiger partial charge in [0.05, 0.1) is 25.4 Å². The van der Waals surface area contributed by atoms with E-state index in [0.29, 0.717) is 25.9 Å². The summed E-state index contributed by atoms with van der Waals surface area (Å²) in [6.45, 7) is 4.94. The van der Waals surface area contributed by atoms with Crippen molar-refractivity contribution in [1.29, 1.82) is 0 Å². The summed E-state index contributed by atoms with van der Waals surface area (Å²) in [5.41, 5.74) is 0. The molecule has 0 radical (unpaired) electrons. The molecule has 0 saturated heterocycles. The van der Waals surface area contributed by atoms with E-state index in [2.05, 4.69) is 55.6 Å². The van der Waals surface area contributed by atoms with Gasteiger partial charge in [0, 0.05) is 12.8 Å². The van der Waals surface area contributed by atoms with Crippen molar-refractivity contribution < 1.29 is 24.5 Å². The summed E-state index contributed by atoms with van der Waals surface area (Å²) < 4.78 is 5.49. The molecular weight excluding hydrogens is 911 g/mol. The predicted molar refractivity (Wildman–Crippen MR) is 324 cm³/mol. The smallest absolute Gasteiger partial charge is 0.305 e. The Hall–Kier alpha value is -1.92. The molecular formula is C68H129NO5. The van der Waals surface area contributed by atoms with E-state index in [9.17, 15) is 19.8 Å². The second kappa shape index (κ2) is 63.6. The van der Waals surface area contributed by atoms with Crippen LogP contribution in [0.15, 0.2) is 36.5 Å². The maximum Gasteiger partial charge on any atom is 0.305 e. The number of hydrogen-bond donors (Lipinski definition) is 3. The Kier molecular flexibility index (Phi) is 62.0. The molecule has 2 unspecified atom stereocenters. The molecule has 6 nitrogen and oxygen atoms in total. The highest BCUT2D eigenvalue weighted by Crippen LogP contribution is 2.18. The van der Waals surface area contributed by atoms with Crippen LogP contribution in [0.3, 0.4) is 0 Å². The number of unbranched alkanes of at least 4 members (excludes halogenated alkanes) is 45. The van der Waals surface area contributed by atoms with Crippen molar-refractivity contribution in [3.05, 3.63) is 36.5 Å². The molecule has 1 amide bonds. The average molecular weight is 1040 g/mol. The van der Waals surface area contributed by atoms with Gasteiger partial charge in [0.15, 0.2) is 0 Å². The molecule has 0 aromatic rings. The topological polar surface area (TPSA) is 95.9 Å². The van der Waals surface area contributed by atoms with Crippen molar-refractivity contribution in [2.45, 2.75) is 373 Å². The van der Waals surface area contributed by atoms with Crippen LogP contribution in [-0.4, -0.2) is 47.4 Å². The lowest BCUT2D eigenvalue weighted by atomic mass is 10.0. The SMILES string of the molecule is CCCCC/C=C\C/C=C\CCCCCCCCCCCC(=O)OCCCCCCCCCC/C=C\CCCCCCCCCC(=O)NC(CO)C(O)CCCCCCCCCCCCCCCCCCCCC. The van der Waals surface area contributed by atoms with Crippen molar-refractivity contribution in [2.24, 2.45) is 0 Å². The third kappa shape index (κ3) is 59.3. The summed E-state index contributed by atoms with van der Waals surface area (Å²) >= 11 is 0. The Morgan fingerprint density at radius 3 is 1.07 bits per heavy atom. The number of ether oxygens (including phenoxy) is 1. The van der Waals surface area contributed by atoms with Crippen LogP contribution in [0.25, 0.3) is 0 Å². The number of aliphatic hydroxyl groups is 2. The standard InChI is InChI=1S/C68H129NO5/c1-3-5-7-9-11-13-15-17-19-21-24-28-32-36-40-44-48-52-56-60-66(71)65(64-70)69-67(72)61-57-53-49-45-41-37-33-29-26-23-27-31-35-39-43-47-51-55-59-63-74-68(73)62-58-54-50-46-42-38-34-30-25-22-20-18-16-14-12-10-8-6-4-2/h12,14,18,20,23,26,65-66,70-71H,3-11,13,15-17,19,21-22,24-25,27-64H2,1-2H3,(H,69,72)/b14-12-,20-18-,26-23-. The van der Waals surface area contributed by atoms with Gasteiger partial charge in [-0.2, -0.15) is 0 Å². The summed E-state index contributed by atoms with van der Waals surface area (Å²) in [6, 6.07) is -0.550. The highest BCUT2D eigenvalue weighted by molar-refractivity contribution is 5.76. The third-order valence-corrected chi connectivity index (χ3v) is 15.4. The molecule has 436 valence electrons. The van der Waals surface area contributed by atoms with Gasteiger partial charge in [-0.3, -0.25) is 9.59 Å². The van der Waals surface area contributed by atoms with Crippen LogP contribution >= 0.6 is 0 Å². The molecule has 0 spiro atoms. The molecule has 74 heavy (non-hydrogen) atoms. The summed E-state index contributed by atoms with van der Waals surface area (Å²) in [5.74, 6) is -0.0411. The largest absolute Gasteiger partial charge is 0.466 e. The lowest BCUT2D eigenvalue weighted by Crippen LogP contribution is -2.45. The number of rotatable bonds is 62. The van der Waals surface area contributed by atoms with E-state index in [1.807, 2.05) is 0 Å². The number of carbonyl (C=O) groups is 2. The maximum atomic E-state index is 12.5. The first-order valence-electron chi connectivity index (χ1n) is 33.2. The van der Waals surface area contributed by atoms with Crippen LogP contribution in [0.4, 0.5) is 0 Å². The zero-order chi connectivity index (χ0) is 53.6. The number of amides is 1. The molecule has 0 saturated carbocycles. The first kappa shape index (κ1) is 72.1. The Morgan fingerprint density at radius 1 is 0.378 bits per heavy atom. The molecule has 0 aliphatic carbocycles. The monoisotopic (exact) mass is 1040 g/mol. The highest BCUT2D eigenvalue weighted by Gasteiger charge is 2.20. The van der Waals surface area contributed by atoms with E-state index in [0.717, 1.165) is 51.4 Å². The van der Waals surface area contributed by atoms with Gasteiger partial charge in [-0.1, -0.05) is 301 Å². The number of hydrogen-bond acceptors (Lipinski definition) is 5. The number of aliphatic hydroxyl groups excluding tert-OH is 2. The molecule has 0 heterocycles. The number of esters is 1. The van der Waals surface area contributed by atoms with E-state index in [1.54, 1.807) is 0 Å². The lowest BCUT2D eigenvalue weighted by molar-refractivity contribution is -0.143. The summed E-state index contributed by atoms with van der Waals surface area (Å²) in [5, 5.41) is 23.4. The molecule has 3 N–H and O–H groups in total. The van der Waals surface area contributed by atoms with Gasteiger partial charge in [0.1, 0.15) is 0 Å². The van der Waals surface area contributed by atoms with Crippen molar-refractivity contribution in [2.75, 3.05) is 13.2 Å². The Morgan fingerprint density at radius 2 is 0.676 bits per heavy atom. The predicted octanol–water partition coefficient (Wildman–Crippen LogP) is 21.1. The Labute approximate surface area is 462 Å². The molecule has 0 aliphatic heterocycles. The molecule has 0 bridgehead atoms. The number of allylic oxidation sites excluding steroid dienone is 6. The number of nitrogens with one attached hydrogen (secondary N) is 1. The van der Waals surface area contributed by atoms with Crippen LogP contribution in [0.5, 0.6) is 0 Å². The third-order valence-electron chi connectivity index (χ3n) is 15.4. The molecule has 0 rings (SSSR count).